The number of para-hydroxylation sites is 1. The number of aromatic nitrogens is 1. The van der Waals surface area contributed by atoms with Crippen LogP contribution in [0.25, 0.3) is 11.3 Å². The molecule has 0 aliphatic carbocycles. The number of halogens is 2. The lowest BCUT2D eigenvalue weighted by molar-refractivity contribution is 0.778. The minimum Gasteiger partial charge on any atom is -0.312 e. The third-order valence-corrected chi connectivity index (χ3v) is 5.49. The van der Waals surface area contributed by atoms with Gasteiger partial charge in [0.15, 0.2) is 4.80 Å². The number of thiazole rings is 1. The highest BCUT2D eigenvalue weighted by Crippen LogP contribution is 2.22. The number of rotatable bonds is 4. The average molecular weight is 502 g/mol. The van der Waals surface area contributed by atoms with Crippen molar-refractivity contribution in [3.8, 4) is 11.3 Å². The molecule has 5 heteroatoms. The van der Waals surface area contributed by atoms with Gasteiger partial charge < -0.3 is 4.57 Å². The molecule has 0 radical (unpaired) electrons. The van der Waals surface area contributed by atoms with Crippen LogP contribution >= 0.6 is 44.2 Å². The molecule has 0 amide bonds. The van der Waals surface area contributed by atoms with Gasteiger partial charge in [0.05, 0.1) is 17.9 Å². The maximum Gasteiger partial charge on any atom is 0.190 e. The van der Waals surface area contributed by atoms with Gasteiger partial charge in [-0.05, 0) is 35.4 Å². The number of hydrogen-bond donors (Lipinski definition) is 0. The Kier molecular flexibility index (Phi) is 6.83. The second-order valence-corrected chi connectivity index (χ2v) is 7.68. The van der Waals surface area contributed by atoms with Crippen LogP contribution in [-0.2, 0) is 6.54 Å². The number of nitrogens with zero attached hydrogens (tertiary/aromatic N) is 2. The Labute approximate surface area is 181 Å². The fourth-order valence-corrected chi connectivity index (χ4v) is 3.99. The van der Waals surface area contributed by atoms with Crippen molar-refractivity contribution in [2.24, 2.45) is 4.99 Å². The summed E-state index contributed by atoms with van der Waals surface area (Å²) in [6.45, 7) is 0.784. The molecule has 4 aromatic rings. The van der Waals surface area contributed by atoms with Crippen LogP contribution in [0.4, 0.5) is 5.69 Å². The second kappa shape index (κ2) is 9.31. The first-order valence-electron chi connectivity index (χ1n) is 8.37. The van der Waals surface area contributed by atoms with Crippen molar-refractivity contribution >= 4 is 49.9 Å². The standard InChI is InChI=1S/C22H17BrN2S.BrH/c23-19-13-11-17(12-14-19)15-25-21(18-7-3-1-4-8-18)16-26-22(25)24-20-9-5-2-6-10-20;/h1-14,16H,15H2;1H. The monoisotopic (exact) mass is 500 g/mol. The number of hydrogen-bond acceptors (Lipinski definition) is 2. The quantitative estimate of drug-likeness (QED) is 0.291. The summed E-state index contributed by atoms with van der Waals surface area (Å²) in [5.74, 6) is 0. The predicted molar refractivity (Wildman–Crippen MR) is 123 cm³/mol. The molecule has 0 unspecified atom stereocenters. The van der Waals surface area contributed by atoms with Crippen LogP contribution in [0.5, 0.6) is 0 Å². The maximum absolute atomic E-state index is 4.87. The molecule has 0 saturated carbocycles. The van der Waals surface area contributed by atoms with E-state index in [1.807, 2.05) is 36.4 Å². The highest BCUT2D eigenvalue weighted by Gasteiger charge is 2.09. The SMILES string of the molecule is Br.Brc1ccc(Cn2c(-c3ccccc3)csc2=Nc2ccccc2)cc1. The summed E-state index contributed by atoms with van der Waals surface area (Å²) < 4.78 is 3.38. The Balaban J connectivity index is 0.00000210. The molecule has 4 rings (SSSR count). The molecule has 27 heavy (non-hydrogen) atoms. The van der Waals surface area contributed by atoms with Crippen molar-refractivity contribution in [1.82, 2.24) is 4.57 Å². The van der Waals surface area contributed by atoms with Gasteiger partial charge in [-0.2, -0.15) is 0 Å². The van der Waals surface area contributed by atoms with E-state index in [2.05, 4.69) is 74.4 Å². The van der Waals surface area contributed by atoms with Gasteiger partial charge >= 0.3 is 0 Å². The smallest absolute Gasteiger partial charge is 0.190 e. The molecule has 2 nitrogen and oxygen atoms in total. The molecule has 0 atom stereocenters. The Morgan fingerprint density at radius 2 is 1.44 bits per heavy atom. The van der Waals surface area contributed by atoms with E-state index < -0.39 is 0 Å². The Morgan fingerprint density at radius 1 is 0.815 bits per heavy atom. The van der Waals surface area contributed by atoms with Gasteiger partial charge in [-0.15, -0.1) is 28.3 Å². The predicted octanol–water partition coefficient (Wildman–Crippen LogP) is 6.84. The Hall–Kier alpha value is -1.95. The molecule has 0 aliphatic heterocycles. The Bertz CT molecular complexity index is 1050. The van der Waals surface area contributed by atoms with Crippen LogP contribution < -0.4 is 4.80 Å². The van der Waals surface area contributed by atoms with Gasteiger partial charge in [0.1, 0.15) is 0 Å². The molecule has 3 aromatic carbocycles. The van der Waals surface area contributed by atoms with Crippen molar-refractivity contribution in [2.45, 2.75) is 6.54 Å². The van der Waals surface area contributed by atoms with Crippen molar-refractivity contribution < 1.29 is 0 Å². The van der Waals surface area contributed by atoms with Crippen LogP contribution in [0.15, 0.2) is 99.8 Å². The summed E-state index contributed by atoms with van der Waals surface area (Å²) >= 11 is 5.19. The second-order valence-electron chi connectivity index (χ2n) is 5.93. The summed E-state index contributed by atoms with van der Waals surface area (Å²) in [5, 5.41) is 2.19. The van der Waals surface area contributed by atoms with E-state index in [-0.39, 0.29) is 17.0 Å². The highest BCUT2D eigenvalue weighted by molar-refractivity contribution is 9.10. The number of benzene rings is 3. The zero-order valence-corrected chi connectivity index (χ0v) is 18.6. The molecule has 136 valence electrons. The normalized spacial score (nSPS) is 11.2. The fourth-order valence-electron chi connectivity index (χ4n) is 2.80. The molecule has 0 fully saturated rings. The van der Waals surface area contributed by atoms with Crippen molar-refractivity contribution in [3.63, 3.8) is 0 Å². The molecule has 0 bridgehead atoms. The first-order valence-corrected chi connectivity index (χ1v) is 10.0. The third kappa shape index (κ3) is 4.86. The lowest BCUT2D eigenvalue weighted by atomic mass is 10.1. The molecular formula is C22H18Br2N2S. The first-order chi connectivity index (χ1) is 12.8. The van der Waals surface area contributed by atoms with Gasteiger partial charge in [0.2, 0.25) is 0 Å². The van der Waals surface area contributed by atoms with E-state index >= 15 is 0 Å². The molecule has 0 spiro atoms. The molecule has 0 saturated heterocycles. The minimum atomic E-state index is 0. The van der Waals surface area contributed by atoms with Gasteiger partial charge in [0, 0.05) is 9.85 Å². The van der Waals surface area contributed by atoms with Crippen LogP contribution in [-0.4, -0.2) is 4.57 Å². The molecule has 0 N–H and O–H groups in total. The van der Waals surface area contributed by atoms with Crippen LogP contribution in [0, 0.1) is 0 Å². The van der Waals surface area contributed by atoms with E-state index in [1.165, 1.54) is 16.8 Å². The lowest BCUT2D eigenvalue weighted by Crippen LogP contribution is -2.16. The summed E-state index contributed by atoms with van der Waals surface area (Å²) in [4.78, 5) is 5.87. The van der Waals surface area contributed by atoms with E-state index in [0.717, 1.165) is 21.5 Å². The average Bonchev–Trinajstić information content (AvgIpc) is 3.07. The van der Waals surface area contributed by atoms with Gasteiger partial charge in [0.25, 0.3) is 0 Å². The minimum absolute atomic E-state index is 0. The fraction of sp³-hybridized carbons (Fsp3) is 0.0455. The summed E-state index contributed by atoms with van der Waals surface area (Å²) in [5.41, 5.74) is 4.61. The van der Waals surface area contributed by atoms with Crippen molar-refractivity contribution in [3.05, 3.63) is 105 Å². The molecule has 0 aliphatic rings. The lowest BCUT2D eigenvalue weighted by Gasteiger charge is -2.10. The summed E-state index contributed by atoms with van der Waals surface area (Å²) in [7, 11) is 0. The molecular weight excluding hydrogens is 484 g/mol. The topological polar surface area (TPSA) is 17.3 Å². The summed E-state index contributed by atoms with van der Waals surface area (Å²) in [6.07, 6.45) is 0. The van der Waals surface area contributed by atoms with Gasteiger partial charge in [-0.1, -0.05) is 76.6 Å². The van der Waals surface area contributed by atoms with E-state index in [4.69, 9.17) is 4.99 Å². The van der Waals surface area contributed by atoms with Crippen LogP contribution in [0.3, 0.4) is 0 Å². The molecule has 1 aromatic heterocycles. The highest BCUT2D eigenvalue weighted by atomic mass is 79.9. The zero-order chi connectivity index (χ0) is 17.8. The van der Waals surface area contributed by atoms with Crippen LogP contribution in [0.2, 0.25) is 0 Å². The first kappa shape index (κ1) is 19.8. The van der Waals surface area contributed by atoms with Gasteiger partial charge in [-0.25, -0.2) is 4.99 Å². The van der Waals surface area contributed by atoms with E-state index in [9.17, 15) is 0 Å². The van der Waals surface area contributed by atoms with Gasteiger partial charge in [-0.3, -0.25) is 0 Å². The van der Waals surface area contributed by atoms with E-state index in [0.29, 0.717) is 0 Å². The van der Waals surface area contributed by atoms with Crippen LogP contribution in [0.1, 0.15) is 5.56 Å². The summed E-state index contributed by atoms with van der Waals surface area (Å²) in [6, 6.07) is 29.1. The Morgan fingerprint density at radius 3 is 2.11 bits per heavy atom. The maximum atomic E-state index is 4.87. The van der Waals surface area contributed by atoms with E-state index in [1.54, 1.807) is 11.3 Å². The largest absolute Gasteiger partial charge is 0.312 e. The molecule has 1 heterocycles. The zero-order valence-electron chi connectivity index (χ0n) is 14.5. The third-order valence-electron chi connectivity index (χ3n) is 4.10. The van der Waals surface area contributed by atoms with Crippen molar-refractivity contribution in [2.75, 3.05) is 0 Å². The van der Waals surface area contributed by atoms with Crippen molar-refractivity contribution in [1.29, 1.82) is 0 Å².